The van der Waals surface area contributed by atoms with Gasteiger partial charge in [-0.15, -0.1) is 0 Å². The van der Waals surface area contributed by atoms with Crippen LogP contribution in [0.25, 0.3) is 22.3 Å². The number of aliphatic hydroxyl groups excluding tert-OH is 3. The van der Waals surface area contributed by atoms with E-state index >= 15 is 0 Å². The maximum atomic E-state index is 11.3. The lowest BCUT2D eigenvalue weighted by Crippen LogP contribution is -2.36. The van der Waals surface area contributed by atoms with Crippen molar-refractivity contribution in [3.63, 3.8) is 0 Å². The first-order valence-corrected chi connectivity index (χ1v) is 19.2. The van der Waals surface area contributed by atoms with Crippen molar-refractivity contribution in [1.29, 1.82) is 0 Å². The predicted octanol–water partition coefficient (Wildman–Crippen LogP) is -1.12. The Morgan fingerprint density at radius 2 is 1.28 bits per heavy atom. The number of aromatic amines is 2. The average Bonchev–Trinajstić information content (AvgIpc) is 3.72. The minimum Gasteiger partial charge on any atom is -0.387 e. The second-order valence-electron chi connectivity index (χ2n) is 10.3. The highest BCUT2D eigenvalue weighted by atomic mass is 32.5. The third kappa shape index (κ3) is 7.04. The SMILES string of the molecule is Nc1nc(=S)c2ncn([C@@H]3O[C@H](COP(O)(=S)OC4C(O)[C@H](n5cnc6c(=S)nc(N)[nH]c65)O[C@@H]4COP(O)(O)=S)C(O)C3O)c2[nH]1. The van der Waals surface area contributed by atoms with E-state index in [4.69, 9.17) is 70.8 Å². The summed E-state index contributed by atoms with van der Waals surface area (Å²) in [5.41, 5.74) is 12.6. The average molecular weight is 773 g/mol. The van der Waals surface area contributed by atoms with Crippen molar-refractivity contribution in [3.8, 4) is 0 Å². The van der Waals surface area contributed by atoms with Crippen molar-refractivity contribution < 1.29 is 53.0 Å². The molecule has 2 aliphatic heterocycles. The molecule has 4 aromatic heterocycles. The summed E-state index contributed by atoms with van der Waals surface area (Å²) in [6.45, 7) is -9.67. The Bertz CT molecular complexity index is 2040. The van der Waals surface area contributed by atoms with Crippen molar-refractivity contribution in [2.24, 2.45) is 0 Å². The standard InChI is InChI=1S/C20H26N10O11P2S4/c21-19-25-13-7(15(44)27-19)23-3-29(13)17-10(32)9(31)5(39-17)1-38-43(36,47)41-12-6(2-37-42(34,35)46)40-18(11(12)33)30-4-24-8-14(30)26-20(22)28-16(8)45/h3-6,9-12,17-18,31-33H,1-2H2,(H,36,47)(H2,34,35,46)(H3,21,25,27,44)(H3,22,26,28,45)/t5-,6-,9?,10?,11?,12?,17-,18-,43?/m1/s1. The minimum atomic E-state index is -4.30. The van der Waals surface area contributed by atoms with Crippen LogP contribution in [0, 0.1) is 9.28 Å². The summed E-state index contributed by atoms with van der Waals surface area (Å²) in [4.78, 5) is 52.0. The number of hydrogen-bond donors (Lipinski definition) is 10. The van der Waals surface area contributed by atoms with Crippen LogP contribution in [0.2, 0.25) is 0 Å². The van der Waals surface area contributed by atoms with E-state index in [9.17, 15) is 30.0 Å². The van der Waals surface area contributed by atoms with E-state index in [0.717, 1.165) is 0 Å². The van der Waals surface area contributed by atoms with Crippen molar-refractivity contribution in [2.75, 3.05) is 24.7 Å². The molecule has 21 nitrogen and oxygen atoms in total. The maximum absolute atomic E-state index is 11.3. The van der Waals surface area contributed by atoms with Crippen LogP contribution in [0.4, 0.5) is 11.9 Å². The van der Waals surface area contributed by atoms with E-state index < -0.39 is 75.7 Å². The van der Waals surface area contributed by atoms with Crippen LogP contribution in [0.15, 0.2) is 12.7 Å². The van der Waals surface area contributed by atoms with Gasteiger partial charge in [0.2, 0.25) is 0 Å². The summed E-state index contributed by atoms with van der Waals surface area (Å²) in [6.07, 6.45) is -8.55. The Hall–Kier alpha value is -2.00. The number of aliphatic hydroxyl groups is 3. The number of nitrogens with zero attached hydrogens (tertiary/aromatic N) is 6. The van der Waals surface area contributed by atoms with E-state index in [1.807, 2.05) is 0 Å². The smallest absolute Gasteiger partial charge is 0.325 e. The quantitative estimate of drug-likeness (QED) is 0.0674. The normalized spacial score (nSPS) is 29.6. The first kappa shape index (κ1) is 34.8. The molecule has 0 aliphatic carbocycles. The third-order valence-electron chi connectivity index (χ3n) is 7.19. The summed E-state index contributed by atoms with van der Waals surface area (Å²) in [7, 11) is 0. The van der Waals surface area contributed by atoms with Crippen molar-refractivity contribution in [1.82, 2.24) is 39.0 Å². The number of nitrogens with two attached hydrogens (primary N) is 2. The zero-order chi connectivity index (χ0) is 34.0. The van der Waals surface area contributed by atoms with Crippen LogP contribution < -0.4 is 11.5 Å². The molecule has 0 amide bonds. The molecule has 27 heteroatoms. The van der Waals surface area contributed by atoms with Gasteiger partial charge in [0, 0.05) is 0 Å². The lowest BCUT2D eigenvalue weighted by molar-refractivity contribution is -0.0539. The van der Waals surface area contributed by atoms with Gasteiger partial charge in [-0.3, -0.25) is 13.7 Å². The van der Waals surface area contributed by atoms with Gasteiger partial charge in [-0.2, -0.15) is 0 Å². The van der Waals surface area contributed by atoms with Crippen LogP contribution in [0.3, 0.4) is 0 Å². The summed E-state index contributed by atoms with van der Waals surface area (Å²) in [6, 6.07) is 0. The number of nitrogen functional groups attached to an aromatic ring is 2. The molecule has 0 bridgehead atoms. The van der Waals surface area contributed by atoms with Gasteiger partial charge in [-0.1, -0.05) is 24.4 Å². The number of ether oxygens (including phenoxy) is 2. The maximum Gasteiger partial charge on any atom is 0.325 e. The molecule has 4 aromatic rings. The molecule has 6 heterocycles. The molecule has 0 aromatic carbocycles. The van der Waals surface area contributed by atoms with Gasteiger partial charge in [0.1, 0.15) is 59.0 Å². The number of anilines is 2. The number of fused-ring (bicyclic) bond motifs is 2. The zero-order valence-corrected chi connectivity index (χ0v) is 28.3. The van der Waals surface area contributed by atoms with E-state index in [2.05, 4.69) is 41.7 Å². The number of hydrogen-bond acceptors (Lipinski definition) is 18. The highest BCUT2D eigenvalue weighted by Crippen LogP contribution is 2.50. The molecule has 0 radical (unpaired) electrons. The number of imidazole rings is 2. The molecule has 2 saturated heterocycles. The fourth-order valence-electron chi connectivity index (χ4n) is 5.12. The Morgan fingerprint density at radius 3 is 1.81 bits per heavy atom. The van der Waals surface area contributed by atoms with Crippen LogP contribution >= 0.6 is 37.9 Å². The van der Waals surface area contributed by atoms with Crippen LogP contribution in [0.1, 0.15) is 12.5 Å². The largest absolute Gasteiger partial charge is 0.387 e. The van der Waals surface area contributed by atoms with Gasteiger partial charge in [-0.25, -0.2) is 19.9 Å². The Kier molecular flexibility index (Phi) is 9.67. The molecule has 9 atom stereocenters. The molecule has 47 heavy (non-hydrogen) atoms. The van der Waals surface area contributed by atoms with Crippen LogP contribution in [0.5, 0.6) is 0 Å². The Balaban J connectivity index is 1.19. The number of rotatable bonds is 10. The summed E-state index contributed by atoms with van der Waals surface area (Å²) in [5, 5.41) is 32.8. The predicted molar refractivity (Wildman–Crippen MR) is 172 cm³/mol. The lowest BCUT2D eigenvalue weighted by Gasteiger charge is -2.26. The first-order chi connectivity index (χ1) is 22.0. The van der Waals surface area contributed by atoms with Crippen LogP contribution in [-0.4, -0.2) is 119 Å². The highest BCUT2D eigenvalue weighted by molar-refractivity contribution is 8.07. The Labute approximate surface area is 282 Å². The second-order valence-corrected chi connectivity index (χ2v) is 16.5. The summed E-state index contributed by atoms with van der Waals surface area (Å²) < 4.78 is 30.6. The molecule has 256 valence electrons. The van der Waals surface area contributed by atoms with Crippen molar-refractivity contribution in [2.45, 2.75) is 49.1 Å². The molecule has 6 rings (SSSR count). The summed E-state index contributed by atoms with van der Waals surface area (Å²) in [5.74, 6) is -0.0533. The molecule has 12 N–H and O–H groups in total. The van der Waals surface area contributed by atoms with Gasteiger partial charge >= 0.3 is 13.4 Å². The lowest BCUT2D eigenvalue weighted by atomic mass is 10.1. The number of H-pyrrole nitrogens is 2. The van der Waals surface area contributed by atoms with E-state index in [1.165, 1.54) is 21.8 Å². The molecule has 0 spiro atoms. The fourth-order valence-corrected chi connectivity index (χ4v) is 7.59. The molecular formula is C20H26N10O11P2S4. The van der Waals surface area contributed by atoms with Gasteiger partial charge in [0.05, 0.1) is 25.9 Å². The summed E-state index contributed by atoms with van der Waals surface area (Å²) >= 11 is 20.1. The molecule has 2 aliphatic rings. The first-order valence-electron chi connectivity index (χ1n) is 13.2. The fraction of sp³-hybridized carbons (Fsp3) is 0.500. The van der Waals surface area contributed by atoms with Crippen molar-refractivity contribution >= 4 is 95.7 Å². The number of nitrogens with one attached hydrogen (secondary N) is 2. The van der Waals surface area contributed by atoms with E-state index in [-0.39, 0.29) is 43.5 Å². The molecule has 0 saturated carbocycles. The van der Waals surface area contributed by atoms with Gasteiger partial charge in [-0.05, 0) is 23.6 Å². The van der Waals surface area contributed by atoms with E-state index in [1.54, 1.807) is 0 Å². The molecule has 5 unspecified atom stereocenters. The monoisotopic (exact) mass is 772 g/mol. The Morgan fingerprint density at radius 1 is 0.787 bits per heavy atom. The third-order valence-corrected chi connectivity index (χ3v) is 10.1. The second kappa shape index (κ2) is 13.0. The van der Waals surface area contributed by atoms with Crippen molar-refractivity contribution in [3.05, 3.63) is 21.9 Å². The van der Waals surface area contributed by atoms with Gasteiger partial charge in [0.15, 0.2) is 33.6 Å². The van der Waals surface area contributed by atoms with Crippen LogP contribution in [-0.2, 0) is 46.7 Å². The minimum absolute atomic E-state index is 0.0109. The number of aromatic nitrogens is 8. The van der Waals surface area contributed by atoms with Gasteiger partial charge in [0.25, 0.3) is 0 Å². The van der Waals surface area contributed by atoms with Gasteiger partial charge < -0.3 is 70.0 Å². The molecular weight excluding hydrogens is 746 g/mol. The zero-order valence-electron chi connectivity index (χ0n) is 23.3. The molecule has 2 fully saturated rings. The van der Waals surface area contributed by atoms with E-state index in [0.29, 0.717) is 0 Å². The topological polar surface area (TPSA) is 313 Å². The highest BCUT2D eigenvalue weighted by Gasteiger charge is 2.50.